The van der Waals surface area contributed by atoms with E-state index >= 15 is 0 Å². The second kappa shape index (κ2) is 9.08. The Morgan fingerprint density at radius 2 is 2.09 bits per heavy atom. The molecule has 0 heterocycles. The van der Waals surface area contributed by atoms with Crippen LogP contribution in [0.4, 0.5) is 0 Å². The summed E-state index contributed by atoms with van der Waals surface area (Å²) < 4.78 is 1.10. The van der Waals surface area contributed by atoms with Crippen molar-refractivity contribution in [3.63, 3.8) is 0 Å². The molecule has 0 amide bonds. The lowest BCUT2D eigenvalue weighted by Crippen LogP contribution is -2.43. The first-order valence-corrected chi connectivity index (χ1v) is 8.28. The van der Waals surface area contributed by atoms with Gasteiger partial charge in [0.15, 0.2) is 5.96 Å². The van der Waals surface area contributed by atoms with Gasteiger partial charge in [0, 0.05) is 24.6 Å². The number of nitrogens with zero attached hydrogens (tertiary/aromatic N) is 2. The fourth-order valence-corrected chi connectivity index (χ4v) is 2.80. The Hall–Kier alpha value is -0.340. The van der Waals surface area contributed by atoms with Crippen LogP contribution in [-0.2, 0) is 6.54 Å². The average Bonchev–Trinajstić information content (AvgIpc) is 2.43. The van der Waals surface area contributed by atoms with Crippen LogP contribution in [0.25, 0.3) is 0 Å². The van der Waals surface area contributed by atoms with Crippen molar-refractivity contribution >= 4 is 45.9 Å². The van der Waals surface area contributed by atoms with E-state index in [1.165, 1.54) is 5.56 Å². The molecule has 0 saturated heterocycles. The second-order valence-electron chi connectivity index (χ2n) is 5.70. The molecule has 0 aliphatic heterocycles. The van der Waals surface area contributed by atoms with Crippen molar-refractivity contribution in [1.29, 1.82) is 0 Å². The largest absolute Gasteiger partial charge is 0.388 e. The van der Waals surface area contributed by atoms with Crippen molar-refractivity contribution < 1.29 is 5.11 Å². The van der Waals surface area contributed by atoms with E-state index in [1.54, 1.807) is 0 Å². The molecular weight excluding hydrogens is 457 g/mol. The van der Waals surface area contributed by atoms with Gasteiger partial charge in [-0.15, -0.1) is 24.0 Å². The molecule has 22 heavy (non-hydrogen) atoms. The Morgan fingerprint density at radius 1 is 1.41 bits per heavy atom. The van der Waals surface area contributed by atoms with Crippen molar-refractivity contribution in [2.24, 2.45) is 4.99 Å². The quantitative estimate of drug-likeness (QED) is 0.385. The molecule has 2 rings (SSSR count). The van der Waals surface area contributed by atoms with E-state index in [2.05, 4.69) is 44.1 Å². The van der Waals surface area contributed by atoms with Crippen LogP contribution < -0.4 is 5.32 Å². The molecule has 0 radical (unpaired) electrons. The fourth-order valence-electron chi connectivity index (χ4n) is 2.39. The summed E-state index contributed by atoms with van der Waals surface area (Å²) >= 11 is 3.58. The molecular formula is C16H25BrIN3O. The molecule has 1 aliphatic carbocycles. The lowest BCUT2D eigenvalue weighted by atomic mass is 9.80. The monoisotopic (exact) mass is 481 g/mol. The standard InChI is InChI=1S/C16H24BrN3O.HI/c1-3-18-15(19-12-16(21)9-6-10-16)20(2)11-13-7-4-5-8-14(13)17;/h4-5,7-8,21H,3,6,9-12H2,1-2H3,(H,18,19);1H. The van der Waals surface area contributed by atoms with Crippen LogP contribution in [0.5, 0.6) is 0 Å². The van der Waals surface area contributed by atoms with Gasteiger partial charge in [-0.25, -0.2) is 0 Å². The number of hydrogen-bond acceptors (Lipinski definition) is 2. The van der Waals surface area contributed by atoms with Gasteiger partial charge in [0.2, 0.25) is 0 Å². The van der Waals surface area contributed by atoms with Gasteiger partial charge in [-0.3, -0.25) is 4.99 Å². The van der Waals surface area contributed by atoms with Crippen LogP contribution >= 0.6 is 39.9 Å². The molecule has 6 heteroatoms. The molecule has 0 spiro atoms. The highest BCUT2D eigenvalue weighted by Crippen LogP contribution is 2.31. The lowest BCUT2D eigenvalue weighted by molar-refractivity contribution is -0.0237. The molecule has 1 saturated carbocycles. The Bertz CT molecular complexity index is 506. The van der Waals surface area contributed by atoms with Crippen LogP contribution in [0.3, 0.4) is 0 Å². The van der Waals surface area contributed by atoms with Crippen molar-refractivity contribution in [1.82, 2.24) is 10.2 Å². The molecule has 0 unspecified atom stereocenters. The topological polar surface area (TPSA) is 47.9 Å². The number of nitrogens with one attached hydrogen (secondary N) is 1. The highest BCUT2D eigenvalue weighted by molar-refractivity contribution is 14.0. The molecule has 2 N–H and O–H groups in total. The Kier molecular flexibility index (Phi) is 8.13. The first-order chi connectivity index (χ1) is 10.0. The highest BCUT2D eigenvalue weighted by atomic mass is 127. The fraction of sp³-hybridized carbons (Fsp3) is 0.562. The van der Waals surface area contributed by atoms with Gasteiger partial charge in [-0.05, 0) is 37.8 Å². The van der Waals surface area contributed by atoms with Crippen molar-refractivity contribution in [2.75, 3.05) is 20.1 Å². The number of hydrogen-bond donors (Lipinski definition) is 2. The Labute approximate surface area is 158 Å². The van der Waals surface area contributed by atoms with Crippen molar-refractivity contribution in [3.8, 4) is 0 Å². The third kappa shape index (κ3) is 5.38. The summed E-state index contributed by atoms with van der Waals surface area (Å²) in [4.78, 5) is 6.69. The van der Waals surface area contributed by atoms with E-state index in [1.807, 2.05) is 25.2 Å². The van der Waals surface area contributed by atoms with E-state index in [0.29, 0.717) is 6.54 Å². The molecule has 0 atom stereocenters. The van der Waals surface area contributed by atoms with Crippen LogP contribution in [0.15, 0.2) is 33.7 Å². The van der Waals surface area contributed by atoms with E-state index < -0.39 is 5.60 Å². The first kappa shape index (κ1) is 19.7. The summed E-state index contributed by atoms with van der Waals surface area (Å²) in [5.41, 5.74) is 0.641. The van der Waals surface area contributed by atoms with E-state index in [0.717, 1.165) is 42.8 Å². The molecule has 1 aromatic rings. The number of guanidine groups is 1. The number of aliphatic imine (C=N–C) groups is 1. The first-order valence-electron chi connectivity index (χ1n) is 7.49. The third-order valence-electron chi connectivity index (χ3n) is 3.87. The predicted octanol–water partition coefficient (Wildman–Crippen LogP) is 3.38. The van der Waals surface area contributed by atoms with E-state index in [4.69, 9.17) is 0 Å². The van der Waals surface area contributed by atoms with Gasteiger partial charge in [0.25, 0.3) is 0 Å². The summed E-state index contributed by atoms with van der Waals surface area (Å²) in [6, 6.07) is 8.20. The minimum atomic E-state index is -0.575. The number of aliphatic hydroxyl groups is 1. The summed E-state index contributed by atoms with van der Waals surface area (Å²) in [6.45, 7) is 4.12. The van der Waals surface area contributed by atoms with Crippen LogP contribution in [0.2, 0.25) is 0 Å². The molecule has 124 valence electrons. The average molecular weight is 482 g/mol. The molecule has 4 nitrogen and oxygen atoms in total. The Morgan fingerprint density at radius 3 is 2.64 bits per heavy atom. The second-order valence-corrected chi connectivity index (χ2v) is 6.55. The lowest BCUT2D eigenvalue weighted by Gasteiger charge is -2.35. The zero-order valence-electron chi connectivity index (χ0n) is 13.2. The van der Waals surface area contributed by atoms with Crippen LogP contribution in [0.1, 0.15) is 31.7 Å². The van der Waals surface area contributed by atoms with Crippen LogP contribution in [0, 0.1) is 0 Å². The molecule has 0 aromatic heterocycles. The minimum absolute atomic E-state index is 0. The third-order valence-corrected chi connectivity index (χ3v) is 4.64. The zero-order valence-corrected chi connectivity index (χ0v) is 17.1. The maximum atomic E-state index is 10.2. The summed E-state index contributed by atoms with van der Waals surface area (Å²) in [7, 11) is 2.02. The Balaban J connectivity index is 0.00000242. The number of halogens is 2. The van der Waals surface area contributed by atoms with Gasteiger partial charge in [-0.2, -0.15) is 0 Å². The molecule has 1 aliphatic rings. The zero-order chi connectivity index (χ0) is 15.3. The van der Waals surface area contributed by atoms with Crippen LogP contribution in [-0.4, -0.2) is 41.7 Å². The molecule has 1 aromatic carbocycles. The normalized spacial score (nSPS) is 16.5. The highest BCUT2D eigenvalue weighted by Gasteiger charge is 2.34. The number of rotatable bonds is 5. The summed E-state index contributed by atoms with van der Waals surface area (Å²) in [5.74, 6) is 0.841. The summed E-state index contributed by atoms with van der Waals surface area (Å²) in [5, 5.41) is 13.5. The predicted molar refractivity (Wildman–Crippen MR) is 106 cm³/mol. The van der Waals surface area contributed by atoms with E-state index in [9.17, 15) is 5.11 Å². The minimum Gasteiger partial charge on any atom is -0.388 e. The molecule has 1 fully saturated rings. The maximum absolute atomic E-state index is 10.2. The van der Waals surface area contributed by atoms with Gasteiger partial charge >= 0.3 is 0 Å². The summed E-state index contributed by atoms with van der Waals surface area (Å²) in [6.07, 6.45) is 2.84. The smallest absolute Gasteiger partial charge is 0.194 e. The molecule has 0 bridgehead atoms. The van der Waals surface area contributed by atoms with Gasteiger partial charge < -0.3 is 15.3 Å². The number of benzene rings is 1. The van der Waals surface area contributed by atoms with Gasteiger partial charge in [0.05, 0.1) is 12.1 Å². The van der Waals surface area contributed by atoms with Gasteiger partial charge in [0.1, 0.15) is 0 Å². The van der Waals surface area contributed by atoms with E-state index in [-0.39, 0.29) is 24.0 Å². The van der Waals surface area contributed by atoms with Crippen molar-refractivity contribution in [3.05, 3.63) is 34.3 Å². The SMILES string of the molecule is CCNC(=NCC1(O)CCC1)N(C)Cc1ccccc1Br.I. The van der Waals surface area contributed by atoms with Gasteiger partial charge in [-0.1, -0.05) is 34.1 Å². The van der Waals surface area contributed by atoms with Crippen molar-refractivity contribution in [2.45, 2.75) is 38.3 Å². The maximum Gasteiger partial charge on any atom is 0.194 e.